The van der Waals surface area contributed by atoms with Crippen LogP contribution < -0.4 is 16.6 Å². The van der Waals surface area contributed by atoms with Gasteiger partial charge in [0.15, 0.2) is 0 Å². The van der Waals surface area contributed by atoms with Crippen LogP contribution in [0.5, 0.6) is 0 Å². The van der Waals surface area contributed by atoms with Crippen LogP contribution in [-0.4, -0.2) is 12.5 Å². The minimum atomic E-state index is 0. The number of rotatable bonds is 8. The lowest BCUT2D eigenvalue weighted by molar-refractivity contribution is -0.116. The molecule has 0 heterocycles. The maximum absolute atomic E-state index is 11.9. The molecule has 0 bridgehead atoms. The van der Waals surface area contributed by atoms with Gasteiger partial charge in [0.2, 0.25) is 5.91 Å². The number of aryl methyl sites for hydroxylation is 1. The fourth-order valence-corrected chi connectivity index (χ4v) is 2.29. The van der Waals surface area contributed by atoms with E-state index in [0.717, 1.165) is 31.5 Å². The zero-order valence-corrected chi connectivity index (χ0v) is 15.2. The molecular weight excluding hydrogens is 345 g/mol. The summed E-state index contributed by atoms with van der Waals surface area (Å²) in [6.45, 7) is 0.741. The number of anilines is 1. The van der Waals surface area contributed by atoms with E-state index in [1.54, 1.807) is 0 Å². The van der Waals surface area contributed by atoms with Crippen molar-refractivity contribution in [2.45, 2.75) is 25.7 Å². The van der Waals surface area contributed by atoms with Crippen molar-refractivity contribution in [3.05, 3.63) is 65.7 Å². The first-order chi connectivity index (χ1) is 10.8. The van der Waals surface area contributed by atoms with E-state index in [0.29, 0.717) is 6.42 Å². The molecule has 1 amide bonds. The van der Waals surface area contributed by atoms with Crippen LogP contribution in [0.4, 0.5) is 5.69 Å². The molecule has 0 aromatic heterocycles. The first-order valence-corrected chi connectivity index (χ1v) is 7.64. The van der Waals surface area contributed by atoms with E-state index in [2.05, 4.69) is 22.9 Å². The molecule has 6 heteroatoms. The van der Waals surface area contributed by atoms with Gasteiger partial charge in [-0.2, -0.15) is 0 Å². The van der Waals surface area contributed by atoms with Crippen molar-refractivity contribution in [1.29, 1.82) is 0 Å². The molecule has 0 aliphatic heterocycles. The molecule has 4 nitrogen and oxygen atoms in total. The molecule has 0 aliphatic carbocycles. The van der Waals surface area contributed by atoms with Crippen molar-refractivity contribution in [3.8, 4) is 0 Å². The summed E-state index contributed by atoms with van der Waals surface area (Å²) in [5.41, 5.74) is 5.94. The number of nitrogens with one attached hydrogen (secondary N) is 2. The summed E-state index contributed by atoms with van der Waals surface area (Å²) in [7, 11) is 0. The van der Waals surface area contributed by atoms with Gasteiger partial charge in [-0.1, -0.05) is 42.5 Å². The number of benzene rings is 2. The summed E-state index contributed by atoms with van der Waals surface area (Å²) in [6.07, 6.45) is 3.20. The van der Waals surface area contributed by atoms with Crippen LogP contribution >= 0.6 is 24.8 Å². The average molecular weight is 370 g/mol. The molecule has 24 heavy (non-hydrogen) atoms. The van der Waals surface area contributed by atoms with Crippen molar-refractivity contribution in [1.82, 2.24) is 5.43 Å². The summed E-state index contributed by atoms with van der Waals surface area (Å²) in [4.78, 5) is 11.9. The Labute approximate surface area is 156 Å². The summed E-state index contributed by atoms with van der Waals surface area (Å²) < 4.78 is 0. The van der Waals surface area contributed by atoms with Crippen molar-refractivity contribution in [2.75, 3.05) is 11.9 Å². The number of hydrogen-bond donors (Lipinski definition) is 3. The Balaban J connectivity index is 0.00000264. The van der Waals surface area contributed by atoms with Crippen LogP contribution in [0.1, 0.15) is 24.0 Å². The number of halogens is 2. The Morgan fingerprint density at radius 3 is 2.12 bits per heavy atom. The second-order valence-corrected chi connectivity index (χ2v) is 5.29. The van der Waals surface area contributed by atoms with Gasteiger partial charge in [-0.15, -0.1) is 24.8 Å². The Morgan fingerprint density at radius 2 is 1.50 bits per heavy atom. The molecule has 0 spiro atoms. The topological polar surface area (TPSA) is 67.2 Å². The van der Waals surface area contributed by atoms with Crippen LogP contribution in [0, 0.1) is 0 Å². The van der Waals surface area contributed by atoms with Crippen molar-refractivity contribution in [3.63, 3.8) is 0 Å². The van der Waals surface area contributed by atoms with Gasteiger partial charge in [-0.3, -0.25) is 16.1 Å². The Bertz CT molecular complexity index is 577. The molecular formula is C18H25Cl2N3O. The Hall–Kier alpha value is -1.59. The normalized spacial score (nSPS) is 9.54. The van der Waals surface area contributed by atoms with Crippen molar-refractivity contribution < 1.29 is 4.79 Å². The summed E-state index contributed by atoms with van der Waals surface area (Å²) in [5, 5.41) is 2.93. The van der Waals surface area contributed by atoms with Crippen molar-refractivity contribution >= 4 is 36.4 Å². The lowest BCUT2D eigenvalue weighted by atomic mass is 10.1. The zero-order chi connectivity index (χ0) is 15.6. The van der Waals surface area contributed by atoms with Gasteiger partial charge in [0.05, 0.1) is 0 Å². The average Bonchev–Trinajstić information content (AvgIpc) is 2.55. The molecule has 2 aromatic rings. The number of amides is 1. The van der Waals surface area contributed by atoms with Crippen LogP contribution in [0.25, 0.3) is 0 Å². The minimum absolute atomic E-state index is 0. The summed E-state index contributed by atoms with van der Waals surface area (Å²) in [5.74, 6) is 5.32. The SMILES string of the molecule is Cl.Cl.NNCCc1ccc(NC(=O)CCCc2ccccc2)cc1. The van der Waals surface area contributed by atoms with E-state index in [4.69, 9.17) is 5.84 Å². The van der Waals surface area contributed by atoms with Gasteiger partial charge < -0.3 is 5.32 Å². The summed E-state index contributed by atoms with van der Waals surface area (Å²) in [6, 6.07) is 18.1. The third-order valence-electron chi connectivity index (χ3n) is 3.51. The molecule has 0 saturated heterocycles. The van der Waals surface area contributed by atoms with Crippen LogP contribution in [0.15, 0.2) is 54.6 Å². The highest BCUT2D eigenvalue weighted by Crippen LogP contribution is 2.11. The van der Waals surface area contributed by atoms with E-state index >= 15 is 0 Å². The molecule has 2 aromatic carbocycles. The third kappa shape index (κ3) is 8.31. The molecule has 2 rings (SSSR count). The number of carbonyl (C=O) groups is 1. The maximum Gasteiger partial charge on any atom is 0.224 e. The number of hydrogen-bond acceptors (Lipinski definition) is 3. The van der Waals surface area contributed by atoms with Gasteiger partial charge in [-0.25, -0.2) is 0 Å². The Kier molecular flexibility index (Phi) is 11.9. The van der Waals surface area contributed by atoms with Crippen LogP contribution in [0.2, 0.25) is 0 Å². The molecule has 0 aliphatic rings. The molecule has 0 saturated carbocycles. The van der Waals surface area contributed by atoms with E-state index in [-0.39, 0.29) is 30.7 Å². The van der Waals surface area contributed by atoms with Gasteiger partial charge in [0.25, 0.3) is 0 Å². The minimum Gasteiger partial charge on any atom is -0.326 e. The molecule has 0 atom stereocenters. The second-order valence-electron chi connectivity index (χ2n) is 5.29. The predicted octanol–water partition coefficient (Wildman–Crippen LogP) is 3.50. The third-order valence-corrected chi connectivity index (χ3v) is 3.51. The molecule has 0 radical (unpaired) electrons. The number of carbonyl (C=O) groups excluding carboxylic acids is 1. The lowest BCUT2D eigenvalue weighted by Gasteiger charge is -2.07. The molecule has 0 unspecified atom stereocenters. The first kappa shape index (κ1) is 22.4. The second kappa shape index (κ2) is 12.8. The highest BCUT2D eigenvalue weighted by atomic mass is 35.5. The number of hydrazine groups is 1. The molecule has 4 N–H and O–H groups in total. The van der Waals surface area contributed by atoms with Crippen LogP contribution in [-0.2, 0) is 17.6 Å². The largest absolute Gasteiger partial charge is 0.326 e. The van der Waals surface area contributed by atoms with Gasteiger partial charge in [-0.05, 0) is 42.5 Å². The molecule has 132 valence electrons. The first-order valence-electron chi connectivity index (χ1n) is 7.64. The van der Waals surface area contributed by atoms with Crippen LogP contribution in [0.3, 0.4) is 0 Å². The molecule has 0 fully saturated rings. The fraction of sp³-hybridized carbons (Fsp3) is 0.278. The fourth-order valence-electron chi connectivity index (χ4n) is 2.29. The lowest BCUT2D eigenvalue weighted by Crippen LogP contribution is -2.24. The van der Waals surface area contributed by atoms with E-state index in [9.17, 15) is 4.79 Å². The highest BCUT2D eigenvalue weighted by molar-refractivity contribution is 5.90. The van der Waals surface area contributed by atoms with Gasteiger partial charge >= 0.3 is 0 Å². The van der Waals surface area contributed by atoms with Gasteiger partial charge in [0.1, 0.15) is 0 Å². The van der Waals surface area contributed by atoms with Gasteiger partial charge in [0, 0.05) is 18.7 Å². The monoisotopic (exact) mass is 369 g/mol. The van der Waals surface area contributed by atoms with Crippen molar-refractivity contribution in [2.24, 2.45) is 5.84 Å². The zero-order valence-electron chi connectivity index (χ0n) is 13.5. The van der Waals surface area contributed by atoms with E-state index in [1.165, 1.54) is 11.1 Å². The van der Waals surface area contributed by atoms with E-state index < -0.39 is 0 Å². The number of nitrogens with two attached hydrogens (primary N) is 1. The maximum atomic E-state index is 11.9. The predicted molar refractivity (Wildman–Crippen MR) is 105 cm³/mol. The smallest absolute Gasteiger partial charge is 0.224 e. The quantitative estimate of drug-likeness (QED) is 0.492. The Morgan fingerprint density at radius 1 is 0.875 bits per heavy atom. The highest BCUT2D eigenvalue weighted by Gasteiger charge is 2.03. The van der Waals surface area contributed by atoms with E-state index in [1.807, 2.05) is 42.5 Å². The standard InChI is InChI=1S/C18H23N3O.2ClH/c19-20-14-13-16-9-11-17(12-10-16)21-18(22)8-4-7-15-5-2-1-3-6-15;;/h1-3,5-6,9-12,20H,4,7-8,13-14,19H2,(H,21,22);2*1H. The summed E-state index contributed by atoms with van der Waals surface area (Å²) >= 11 is 0.